The smallest absolute Gasteiger partial charge is 0.267 e. The van der Waals surface area contributed by atoms with Crippen molar-refractivity contribution < 1.29 is 9.53 Å². The number of hydrogen-bond donors (Lipinski definition) is 2. The van der Waals surface area contributed by atoms with Gasteiger partial charge in [0, 0.05) is 25.8 Å². The van der Waals surface area contributed by atoms with E-state index in [2.05, 4.69) is 15.7 Å². The minimum atomic E-state index is -0.228. The molecule has 1 aromatic rings. The zero-order chi connectivity index (χ0) is 13.7. The summed E-state index contributed by atoms with van der Waals surface area (Å²) in [5.41, 5.74) is 3.24. The monoisotopic (exact) mass is 284 g/mol. The van der Waals surface area contributed by atoms with Gasteiger partial charge in [0.1, 0.15) is 5.82 Å². The number of nitrogens with one attached hydrogen (secondary N) is 2. The molecule has 0 aliphatic carbocycles. The molecule has 0 radical (unpaired) electrons. The van der Waals surface area contributed by atoms with Gasteiger partial charge in [-0.25, -0.2) is 9.99 Å². The summed E-state index contributed by atoms with van der Waals surface area (Å²) in [5.74, 6) is 0.410. The molecular weight excluding hydrogens is 268 g/mol. The van der Waals surface area contributed by atoms with Crippen LogP contribution >= 0.6 is 11.6 Å². The Bertz CT molecular complexity index is 449. The summed E-state index contributed by atoms with van der Waals surface area (Å²) in [5, 5.41) is 5.22. The Morgan fingerprint density at radius 3 is 2.95 bits per heavy atom. The number of amides is 1. The molecule has 0 aromatic carbocycles. The molecule has 7 heteroatoms. The van der Waals surface area contributed by atoms with E-state index in [1.54, 1.807) is 6.07 Å². The molecule has 1 saturated heterocycles. The van der Waals surface area contributed by atoms with Crippen LogP contribution in [0.1, 0.15) is 17.3 Å². The Balaban J connectivity index is 2.06. The zero-order valence-electron chi connectivity index (χ0n) is 10.8. The van der Waals surface area contributed by atoms with Crippen molar-refractivity contribution in [3.05, 3.63) is 22.8 Å². The first-order valence-electron chi connectivity index (χ1n) is 6.24. The van der Waals surface area contributed by atoms with Crippen LogP contribution in [-0.2, 0) is 4.74 Å². The van der Waals surface area contributed by atoms with Crippen LogP contribution in [0.5, 0.6) is 0 Å². The number of hydrazine groups is 1. The van der Waals surface area contributed by atoms with E-state index >= 15 is 0 Å². The van der Waals surface area contributed by atoms with Gasteiger partial charge >= 0.3 is 0 Å². The molecule has 6 nitrogen and oxygen atoms in total. The molecule has 19 heavy (non-hydrogen) atoms. The van der Waals surface area contributed by atoms with Gasteiger partial charge in [0.2, 0.25) is 0 Å². The highest BCUT2D eigenvalue weighted by Crippen LogP contribution is 2.18. The van der Waals surface area contributed by atoms with Gasteiger partial charge in [-0.1, -0.05) is 11.6 Å². The number of aromatic nitrogens is 1. The van der Waals surface area contributed by atoms with Gasteiger partial charge in [-0.05, 0) is 13.0 Å². The number of carbonyl (C=O) groups excluding carboxylic acids is 1. The molecule has 0 atom stereocenters. The third-order valence-corrected chi connectivity index (χ3v) is 3.03. The average Bonchev–Trinajstić information content (AvgIpc) is 2.42. The van der Waals surface area contributed by atoms with E-state index in [0.717, 1.165) is 6.54 Å². The summed E-state index contributed by atoms with van der Waals surface area (Å²) in [7, 11) is 0. The van der Waals surface area contributed by atoms with Gasteiger partial charge in [0.15, 0.2) is 0 Å². The maximum atomic E-state index is 12.2. The van der Waals surface area contributed by atoms with E-state index in [1.165, 1.54) is 6.20 Å². The second-order valence-electron chi connectivity index (χ2n) is 4.12. The summed E-state index contributed by atoms with van der Waals surface area (Å²) in [6.07, 6.45) is 1.48. The average molecular weight is 285 g/mol. The molecule has 1 fully saturated rings. The Labute approximate surface area is 117 Å². The lowest BCUT2D eigenvalue weighted by atomic mass is 10.2. The van der Waals surface area contributed by atoms with Crippen LogP contribution in [0.4, 0.5) is 5.82 Å². The summed E-state index contributed by atoms with van der Waals surface area (Å²) in [4.78, 5) is 16.3. The minimum absolute atomic E-state index is 0.228. The van der Waals surface area contributed by atoms with E-state index in [4.69, 9.17) is 16.3 Å². The summed E-state index contributed by atoms with van der Waals surface area (Å²) in [6.45, 7) is 5.28. The maximum Gasteiger partial charge on any atom is 0.267 e. The lowest BCUT2D eigenvalue weighted by molar-refractivity contribution is 0.0126. The molecule has 2 rings (SSSR count). The molecule has 1 aliphatic heterocycles. The molecule has 2 N–H and O–H groups in total. The predicted octanol–water partition coefficient (Wildman–Crippen LogP) is 1.14. The van der Waals surface area contributed by atoms with Crippen molar-refractivity contribution in [1.29, 1.82) is 0 Å². The molecule has 0 saturated carbocycles. The first-order chi connectivity index (χ1) is 9.20. The quantitative estimate of drug-likeness (QED) is 0.868. The van der Waals surface area contributed by atoms with Crippen molar-refractivity contribution in [1.82, 2.24) is 15.4 Å². The zero-order valence-corrected chi connectivity index (χ0v) is 11.5. The fraction of sp³-hybridized carbons (Fsp3) is 0.500. The van der Waals surface area contributed by atoms with Crippen molar-refractivity contribution in [2.24, 2.45) is 0 Å². The first-order valence-corrected chi connectivity index (χ1v) is 6.61. The third kappa shape index (κ3) is 3.79. The highest BCUT2D eigenvalue weighted by molar-refractivity contribution is 6.33. The highest BCUT2D eigenvalue weighted by Gasteiger charge is 2.17. The Morgan fingerprint density at radius 1 is 1.53 bits per heavy atom. The number of halogens is 1. The van der Waals surface area contributed by atoms with E-state index < -0.39 is 0 Å². The van der Waals surface area contributed by atoms with Crippen LogP contribution in [0, 0.1) is 0 Å². The fourth-order valence-corrected chi connectivity index (χ4v) is 1.96. The van der Waals surface area contributed by atoms with Gasteiger partial charge in [-0.15, -0.1) is 0 Å². The fourth-order valence-electron chi connectivity index (χ4n) is 1.77. The van der Waals surface area contributed by atoms with E-state index in [-0.39, 0.29) is 5.91 Å². The van der Waals surface area contributed by atoms with Gasteiger partial charge in [-0.3, -0.25) is 10.2 Å². The highest BCUT2D eigenvalue weighted by atomic mass is 35.5. The molecule has 0 spiro atoms. The van der Waals surface area contributed by atoms with Gasteiger partial charge < -0.3 is 10.1 Å². The van der Waals surface area contributed by atoms with Gasteiger partial charge in [0.05, 0.1) is 23.8 Å². The second-order valence-corrected chi connectivity index (χ2v) is 4.53. The van der Waals surface area contributed by atoms with Gasteiger partial charge in [0.25, 0.3) is 5.91 Å². The number of nitrogens with zero attached hydrogens (tertiary/aromatic N) is 2. The van der Waals surface area contributed by atoms with Crippen LogP contribution in [0.15, 0.2) is 12.3 Å². The largest absolute Gasteiger partial charge is 0.379 e. The van der Waals surface area contributed by atoms with Crippen LogP contribution in [-0.4, -0.2) is 48.7 Å². The van der Waals surface area contributed by atoms with Crippen molar-refractivity contribution in [2.45, 2.75) is 6.92 Å². The van der Waals surface area contributed by atoms with E-state index in [9.17, 15) is 4.79 Å². The summed E-state index contributed by atoms with van der Waals surface area (Å²) < 4.78 is 5.22. The summed E-state index contributed by atoms with van der Waals surface area (Å²) in [6, 6.07) is 1.65. The number of ether oxygens (including phenoxy) is 1. The maximum absolute atomic E-state index is 12.2. The van der Waals surface area contributed by atoms with Crippen molar-refractivity contribution in [3.63, 3.8) is 0 Å². The SMILES string of the molecule is CCNc1cc(C(=O)NN2CCOCC2)c(Cl)cn1. The number of pyridine rings is 1. The number of anilines is 1. The summed E-state index contributed by atoms with van der Waals surface area (Å²) >= 11 is 6.01. The number of hydrogen-bond acceptors (Lipinski definition) is 5. The van der Waals surface area contributed by atoms with Crippen molar-refractivity contribution >= 4 is 23.3 Å². The standard InChI is InChI=1S/C12H17ClN4O2/c1-2-14-11-7-9(10(13)8-15-11)12(18)16-17-3-5-19-6-4-17/h7-8H,2-6H2,1H3,(H,14,15)(H,16,18). The van der Waals surface area contributed by atoms with Crippen LogP contribution in [0.2, 0.25) is 5.02 Å². The normalized spacial score (nSPS) is 16.1. The molecule has 1 aliphatic rings. The molecule has 0 unspecified atom stereocenters. The number of morpholine rings is 1. The van der Waals surface area contributed by atoms with Crippen LogP contribution in [0.3, 0.4) is 0 Å². The van der Waals surface area contributed by atoms with Crippen molar-refractivity contribution in [2.75, 3.05) is 38.2 Å². The molecule has 1 amide bonds. The molecule has 2 heterocycles. The second kappa shape index (κ2) is 6.70. The molecule has 104 valence electrons. The lowest BCUT2D eigenvalue weighted by Gasteiger charge is -2.27. The van der Waals surface area contributed by atoms with Crippen molar-refractivity contribution in [3.8, 4) is 0 Å². The first kappa shape index (κ1) is 14.0. The van der Waals surface area contributed by atoms with Crippen LogP contribution < -0.4 is 10.7 Å². The van der Waals surface area contributed by atoms with Gasteiger partial charge in [-0.2, -0.15) is 0 Å². The predicted molar refractivity (Wildman–Crippen MR) is 73.3 cm³/mol. The Kier molecular flexibility index (Phi) is 4.95. The Morgan fingerprint density at radius 2 is 2.26 bits per heavy atom. The van der Waals surface area contributed by atoms with Crippen LogP contribution in [0.25, 0.3) is 0 Å². The number of carbonyl (C=O) groups is 1. The number of rotatable bonds is 4. The topological polar surface area (TPSA) is 66.5 Å². The lowest BCUT2D eigenvalue weighted by Crippen LogP contribution is -2.48. The molecule has 0 bridgehead atoms. The van der Waals surface area contributed by atoms with E-state index in [0.29, 0.717) is 42.7 Å². The molecular formula is C12H17ClN4O2. The molecule has 1 aromatic heterocycles. The third-order valence-electron chi connectivity index (χ3n) is 2.73. The minimum Gasteiger partial charge on any atom is -0.379 e. The Hall–Kier alpha value is -1.37. The van der Waals surface area contributed by atoms with E-state index in [1.807, 2.05) is 11.9 Å².